The highest BCUT2D eigenvalue weighted by molar-refractivity contribution is 7.88. The number of carbonyl (C=O) groups is 1. The van der Waals surface area contributed by atoms with Crippen LogP contribution in [-0.2, 0) is 23.2 Å². The summed E-state index contributed by atoms with van der Waals surface area (Å²) in [6.07, 6.45) is 2.08. The van der Waals surface area contributed by atoms with Crippen molar-refractivity contribution in [2.24, 2.45) is 0 Å². The van der Waals surface area contributed by atoms with Crippen molar-refractivity contribution in [1.82, 2.24) is 9.62 Å². The Labute approximate surface area is 181 Å². The summed E-state index contributed by atoms with van der Waals surface area (Å²) < 4.78 is 38.0. The lowest BCUT2D eigenvalue weighted by Crippen LogP contribution is -2.26. The Morgan fingerprint density at radius 2 is 1.77 bits per heavy atom. The molecule has 0 aliphatic heterocycles. The molecule has 0 bridgehead atoms. The molecule has 1 aliphatic rings. The number of rotatable bonds is 9. The number of hydrogen-bond donors (Lipinski definition) is 1. The molecule has 8 heteroatoms. The van der Waals surface area contributed by atoms with Gasteiger partial charge in [-0.15, -0.1) is 0 Å². The Morgan fingerprint density at radius 1 is 1.06 bits per heavy atom. The van der Waals surface area contributed by atoms with Crippen LogP contribution in [0.15, 0.2) is 76.2 Å². The summed E-state index contributed by atoms with van der Waals surface area (Å²) in [5.41, 5.74) is 1.46. The van der Waals surface area contributed by atoms with Crippen LogP contribution in [0.4, 0.5) is 0 Å². The van der Waals surface area contributed by atoms with Gasteiger partial charge >= 0.3 is 0 Å². The fraction of sp³-hybridized carbons (Fsp3) is 0.261. The second-order valence-corrected chi connectivity index (χ2v) is 9.50. The van der Waals surface area contributed by atoms with Gasteiger partial charge in [0.05, 0.1) is 0 Å². The molecule has 2 aromatic carbocycles. The highest BCUT2D eigenvalue weighted by atomic mass is 32.2. The van der Waals surface area contributed by atoms with E-state index < -0.39 is 10.0 Å². The maximum absolute atomic E-state index is 12.8. The summed E-state index contributed by atoms with van der Waals surface area (Å²) in [5, 5.41) is 2.80. The van der Waals surface area contributed by atoms with Gasteiger partial charge in [0.1, 0.15) is 18.1 Å². The average molecular weight is 441 g/mol. The van der Waals surface area contributed by atoms with Crippen LogP contribution < -0.4 is 10.1 Å². The Morgan fingerprint density at radius 3 is 2.45 bits per heavy atom. The highest BCUT2D eigenvalue weighted by Gasteiger charge is 2.25. The molecule has 0 radical (unpaired) electrons. The molecular weight excluding hydrogens is 416 g/mol. The van der Waals surface area contributed by atoms with Gasteiger partial charge in [0.25, 0.3) is 15.9 Å². The van der Waals surface area contributed by atoms with Crippen molar-refractivity contribution in [2.75, 3.05) is 7.05 Å². The monoisotopic (exact) mass is 440 g/mol. The van der Waals surface area contributed by atoms with Gasteiger partial charge < -0.3 is 14.5 Å². The van der Waals surface area contributed by atoms with Gasteiger partial charge in [-0.25, -0.2) is 8.42 Å². The van der Waals surface area contributed by atoms with E-state index in [2.05, 4.69) is 5.32 Å². The van der Waals surface area contributed by atoms with E-state index in [1.807, 2.05) is 30.3 Å². The first-order valence-electron chi connectivity index (χ1n) is 10.0. The number of nitrogens with one attached hydrogen (secondary N) is 1. The van der Waals surface area contributed by atoms with Crippen LogP contribution in [0.5, 0.6) is 5.75 Å². The molecule has 3 aromatic rings. The van der Waals surface area contributed by atoms with E-state index in [0.717, 1.165) is 18.4 Å². The molecule has 1 aliphatic carbocycles. The predicted octanol–water partition coefficient (Wildman–Crippen LogP) is 3.57. The third-order valence-electron chi connectivity index (χ3n) is 4.96. The zero-order valence-corrected chi connectivity index (χ0v) is 18.0. The van der Waals surface area contributed by atoms with E-state index in [0.29, 0.717) is 23.1 Å². The third kappa shape index (κ3) is 5.34. The van der Waals surface area contributed by atoms with E-state index >= 15 is 0 Å². The number of nitrogens with zero attached hydrogens (tertiary/aromatic N) is 1. The Kier molecular flexibility index (Phi) is 6.11. The van der Waals surface area contributed by atoms with Gasteiger partial charge in [-0.2, -0.15) is 4.31 Å². The summed E-state index contributed by atoms with van der Waals surface area (Å²) >= 11 is 0. The summed E-state index contributed by atoms with van der Waals surface area (Å²) in [4.78, 5) is 12.0. The molecule has 7 nitrogen and oxygen atoms in total. The van der Waals surface area contributed by atoms with Gasteiger partial charge in [0.2, 0.25) is 5.09 Å². The van der Waals surface area contributed by atoms with Crippen LogP contribution in [0.25, 0.3) is 0 Å². The lowest BCUT2D eigenvalue weighted by molar-refractivity contribution is 0.0951. The van der Waals surface area contributed by atoms with Gasteiger partial charge in [0, 0.05) is 25.2 Å². The summed E-state index contributed by atoms with van der Waals surface area (Å²) in [6, 6.07) is 19.5. The molecule has 0 unspecified atom stereocenters. The third-order valence-corrected chi connectivity index (χ3v) is 6.64. The topological polar surface area (TPSA) is 88.8 Å². The van der Waals surface area contributed by atoms with Crippen molar-refractivity contribution in [2.45, 2.75) is 37.1 Å². The largest absolute Gasteiger partial charge is 0.486 e. The number of amides is 1. The lowest BCUT2D eigenvalue weighted by atomic mass is 10.2. The van der Waals surface area contributed by atoms with Crippen molar-refractivity contribution < 1.29 is 22.4 Å². The quantitative estimate of drug-likeness (QED) is 0.550. The highest BCUT2D eigenvalue weighted by Crippen LogP contribution is 2.22. The Hall–Kier alpha value is -3.10. The second-order valence-electron chi connectivity index (χ2n) is 7.53. The number of sulfonamides is 1. The molecule has 162 valence electrons. The second kappa shape index (κ2) is 8.95. The van der Waals surface area contributed by atoms with Gasteiger partial charge in [-0.05, 0) is 54.8 Å². The van der Waals surface area contributed by atoms with E-state index in [1.54, 1.807) is 30.3 Å². The minimum atomic E-state index is -3.75. The van der Waals surface area contributed by atoms with Crippen LogP contribution in [0.1, 0.15) is 34.5 Å². The normalized spacial score (nSPS) is 13.9. The maximum atomic E-state index is 12.8. The van der Waals surface area contributed by atoms with Crippen molar-refractivity contribution >= 4 is 15.9 Å². The minimum Gasteiger partial charge on any atom is -0.486 e. The smallest absolute Gasteiger partial charge is 0.276 e. The van der Waals surface area contributed by atoms with E-state index in [1.165, 1.54) is 17.4 Å². The van der Waals surface area contributed by atoms with Crippen LogP contribution in [0.2, 0.25) is 0 Å². The van der Waals surface area contributed by atoms with Crippen molar-refractivity contribution in [3.8, 4) is 5.75 Å². The fourth-order valence-corrected chi connectivity index (χ4v) is 4.09. The molecule has 1 aromatic heterocycles. The van der Waals surface area contributed by atoms with E-state index in [-0.39, 0.29) is 24.2 Å². The van der Waals surface area contributed by atoms with Gasteiger partial charge in [0.15, 0.2) is 0 Å². The standard InChI is InChI=1S/C23H24N2O5S/c1-25(15-17-5-3-2-4-6-17)31(27,28)22-14-13-21(30-22)16-29-20-11-7-18(8-12-20)23(26)24-19-9-10-19/h2-8,11-14,19H,9-10,15-16H2,1H3,(H,24,26). The lowest BCUT2D eigenvalue weighted by Gasteiger charge is -2.15. The van der Waals surface area contributed by atoms with Crippen LogP contribution in [-0.4, -0.2) is 31.7 Å². The molecule has 31 heavy (non-hydrogen) atoms. The van der Waals surface area contributed by atoms with Crippen molar-refractivity contribution in [3.05, 3.63) is 83.6 Å². The molecule has 1 fully saturated rings. The number of carbonyl (C=O) groups excluding carboxylic acids is 1. The fourth-order valence-electron chi connectivity index (χ4n) is 3.01. The summed E-state index contributed by atoms with van der Waals surface area (Å²) in [7, 11) is -2.24. The number of hydrogen-bond acceptors (Lipinski definition) is 5. The average Bonchev–Trinajstić information content (AvgIpc) is 3.45. The molecule has 1 N–H and O–H groups in total. The van der Waals surface area contributed by atoms with Crippen LogP contribution in [0, 0.1) is 0 Å². The van der Waals surface area contributed by atoms with Gasteiger partial charge in [-0.1, -0.05) is 30.3 Å². The first-order chi connectivity index (χ1) is 14.9. The first-order valence-corrected chi connectivity index (χ1v) is 11.5. The zero-order chi connectivity index (χ0) is 21.8. The molecule has 0 saturated heterocycles. The summed E-state index contributed by atoms with van der Waals surface area (Å²) in [5.74, 6) is 0.863. The van der Waals surface area contributed by atoms with Gasteiger partial charge in [-0.3, -0.25) is 4.79 Å². The Balaban J connectivity index is 1.34. The van der Waals surface area contributed by atoms with Crippen molar-refractivity contribution in [3.63, 3.8) is 0 Å². The number of ether oxygens (including phenoxy) is 1. The van der Waals surface area contributed by atoms with Crippen LogP contribution in [0.3, 0.4) is 0 Å². The summed E-state index contributed by atoms with van der Waals surface area (Å²) in [6.45, 7) is 0.321. The SMILES string of the molecule is CN(Cc1ccccc1)S(=O)(=O)c1ccc(COc2ccc(C(=O)NC3CC3)cc2)o1. The number of furan rings is 1. The Bertz CT molecular complexity index is 1140. The predicted molar refractivity (Wildman–Crippen MR) is 115 cm³/mol. The molecule has 0 atom stereocenters. The van der Waals surface area contributed by atoms with Crippen molar-refractivity contribution in [1.29, 1.82) is 0 Å². The molecule has 4 rings (SSSR count). The maximum Gasteiger partial charge on any atom is 0.276 e. The van der Waals surface area contributed by atoms with E-state index in [9.17, 15) is 13.2 Å². The minimum absolute atomic E-state index is 0.0749. The molecular formula is C23H24N2O5S. The molecule has 1 saturated carbocycles. The molecule has 1 amide bonds. The first kappa shape index (κ1) is 21.1. The van der Waals surface area contributed by atoms with E-state index in [4.69, 9.17) is 9.15 Å². The number of benzene rings is 2. The molecule has 0 spiro atoms. The molecule has 1 heterocycles. The zero-order valence-electron chi connectivity index (χ0n) is 17.2. The van der Waals surface area contributed by atoms with Crippen LogP contribution >= 0.6 is 0 Å².